The molecule has 2 aliphatic carbocycles. The van der Waals surface area contributed by atoms with Crippen LogP contribution < -0.4 is 5.32 Å². The Balaban J connectivity index is 1.35. The predicted octanol–water partition coefficient (Wildman–Crippen LogP) is 3.30. The number of aryl methyl sites for hydroxylation is 1. The zero-order valence-electron chi connectivity index (χ0n) is 14.1. The van der Waals surface area contributed by atoms with Crippen molar-refractivity contribution in [2.45, 2.75) is 51.6 Å². The summed E-state index contributed by atoms with van der Waals surface area (Å²) in [6, 6.07) is 6.33. The number of carbonyl (C=O) groups is 1. The number of anilines is 1. The first-order valence-corrected chi connectivity index (χ1v) is 8.64. The van der Waals surface area contributed by atoms with Crippen LogP contribution in [0.2, 0.25) is 0 Å². The maximum absolute atomic E-state index is 12.3. The van der Waals surface area contributed by atoms with Crippen LogP contribution in [0.1, 0.15) is 49.4 Å². The molecule has 6 heteroatoms. The molecule has 2 saturated carbocycles. The lowest BCUT2D eigenvalue weighted by molar-refractivity contribution is -0.117. The molecule has 0 aliphatic heterocycles. The van der Waals surface area contributed by atoms with Gasteiger partial charge in [0.05, 0.1) is 13.1 Å². The maximum Gasteiger partial charge on any atom is 0.239 e. The molecule has 2 atom stereocenters. The molecule has 0 unspecified atom stereocenters. The molecule has 0 radical (unpaired) electrons. The minimum Gasteiger partial charge on any atom is -0.464 e. The number of nitrogens with zero attached hydrogens (tertiary/aromatic N) is 2. The van der Waals surface area contributed by atoms with Gasteiger partial charge >= 0.3 is 0 Å². The minimum atomic E-state index is -0.0715. The minimum absolute atomic E-state index is 0.0715. The van der Waals surface area contributed by atoms with Crippen molar-refractivity contribution in [2.24, 2.45) is 5.92 Å². The summed E-state index contributed by atoms with van der Waals surface area (Å²) >= 11 is 0. The van der Waals surface area contributed by atoms with E-state index < -0.39 is 0 Å². The van der Waals surface area contributed by atoms with Gasteiger partial charge in [0.25, 0.3) is 0 Å². The van der Waals surface area contributed by atoms with E-state index in [0.29, 0.717) is 36.6 Å². The van der Waals surface area contributed by atoms with Gasteiger partial charge in [0.2, 0.25) is 5.91 Å². The quantitative estimate of drug-likeness (QED) is 0.844. The van der Waals surface area contributed by atoms with E-state index in [-0.39, 0.29) is 5.91 Å². The molecular formula is C18H23N3O3. The van der Waals surface area contributed by atoms with Crippen LogP contribution in [0.25, 0.3) is 0 Å². The van der Waals surface area contributed by atoms with Crippen LogP contribution in [0.5, 0.6) is 0 Å². The van der Waals surface area contributed by atoms with Crippen molar-refractivity contribution in [3.63, 3.8) is 0 Å². The molecule has 4 rings (SSSR count). The van der Waals surface area contributed by atoms with Crippen LogP contribution in [0.4, 0.5) is 5.82 Å². The Morgan fingerprint density at radius 3 is 2.83 bits per heavy atom. The average Bonchev–Trinajstić information content (AvgIpc) is 3.42. The topological polar surface area (TPSA) is 71.5 Å². The van der Waals surface area contributed by atoms with Gasteiger partial charge in [-0.3, -0.25) is 9.69 Å². The van der Waals surface area contributed by atoms with E-state index >= 15 is 0 Å². The summed E-state index contributed by atoms with van der Waals surface area (Å²) in [4.78, 5) is 14.4. The van der Waals surface area contributed by atoms with Crippen molar-refractivity contribution in [3.8, 4) is 0 Å². The number of rotatable bonds is 7. The van der Waals surface area contributed by atoms with Crippen molar-refractivity contribution in [2.75, 3.05) is 11.9 Å². The molecule has 1 amide bonds. The van der Waals surface area contributed by atoms with Gasteiger partial charge in [-0.15, -0.1) is 0 Å². The number of amides is 1. The lowest BCUT2D eigenvalue weighted by Gasteiger charge is -2.19. The zero-order valence-corrected chi connectivity index (χ0v) is 14.1. The van der Waals surface area contributed by atoms with Crippen molar-refractivity contribution in [1.82, 2.24) is 10.1 Å². The molecule has 0 saturated heterocycles. The molecule has 2 aromatic heterocycles. The number of nitrogens with one attached hydrogen (secondary N) is 1. The largest absolute Gasteiger partial charge is 0.464 e. The molecule has 0 aromatic carbocycles. The highest BCUT2D eigenvalue weighted by Crippen LogP contribution is 2.47. The van der Waals surface area contributed by atoms with E-state index in [4.69, 9.17) is 8.94 Å². The predicted molar refractivity (Wildman–Crippen MR) is 88.5 cm³/mol. The number of hydrogen-bond donors (Lipinski definition) is 1. The summed E-state index contributed by atoms with van der Waals surface area (Å²) in [5, 5.41) is 6.59. The van der Waals surface area contributed by atoms with E-state index in [1.54, 1.807) is 13.0 Å². The van der Waals surface area contributed by atoms with Crippen LogP contribution in [-0.2, 0) is 11.3 Å². The Bertz CT molecular complexity index is 731. The van der Waals surface area contributed by atoms with Crippen molar-refractivity contribution >= 4 is 11.7 Å². The summed E-state index contributed by atoms with van der Waals surface area (Å²) in [7, 11) is 0. The van der Waals surface area contributed by atoms with Gasteiger partial charge in [-0.1, -0.05) is 12.1 Å². The maximum atomic E-state index is 12.3. The first kappa shape index (κ1) is 15.4. The molecule has 2 heterocycles. The first-order valence-electron chi connectivity index (χ1n) is 8.64. The van der Waals surface area contributed by atoms with Gasteiger partial charge in [-0.25, -0.2) is 0 Å². The Kier molecular flexibility index (Phi) is 3.92. The highest BCUT2D eigenvalue weighted by molar-refractivity contribution is 5.91. The molecule has 2 fully saturated rings. The standard InChI is InChI=1S/C18H23N3O3/c1-11-7-15(11)16-6-5-14(23-16)9-21(13-3-4-13)10-18(22)19-17-8-12(2)24-20-17/h5-6,8,11,13,15H,3-4,7,9-10H2,1-2H3,(H,19,20,22)/t11-,15-/m1/s1. The first-order chi connectivity index (χ1) is 11.6. The summed E-state index contributed by atoms with van der Waals surface area (Å²) in [5.74, 6) is 4.44. The molecule has 2 aliphatic rings. The Morgan fingerprint density at radius 1 is 1.42 bits per heavy atom. The normalized spacial score (nSPS) is 22.8. The molecule has 24 heavy (non-hydrogen) atoms. The van der Waals surface area contributed by atoms with E-state index in [1.807, 2.05) is 0 Å². The summed E-state index contributed by atoms with van der Waals surface area (Å²) < 4.78 is 11.0. The summed E-state index contributed by atoms with van der Waals surface area (Å²) in [6.07, 6.45) is 3.51. The third kappa shape index (κ3) is 3.53. The number of carbonyl (C=O) groups excluding carboxylic acids is 1. The zero-order chi connectivity index (χ0) is 16.7. The van der Waals surface area contributed by atoms with Gasteiger partial charge in [-0.05, 0) is 44.2 Å². The van der Waals surface area contributed by atoms with Crippen LogP contribution in [0, 0.1) is 12.8 Å². The highest BCUT2D eigenvalue weighted by atomic mass is 16.5. The fourth-order valence-electron chi connectivity index (χ4n) is 3.14. The van der Waals surface area contributed by atoms with E-state index in [0.717, 1.165) is 30.3 Å². The second-order valence-electron chi connectivity index (χ2n) is 7.13. The number of hydrogen-bond acceptors (Lipinski definition) is 5. The van der Waals surface area contributed by atoms with Gasteiger partial charge in [0, 0.05) is 18.0 Å². The average molecular weight is 329 g/mol. The second-order valence-corrected chi connectivity index (χ2v) is 7.13. The van der Waals surface area contributed by atoms with Crippen molar-refractivity contribution in [1.29, 1.82) is 0 Å². The van der Waals surface area contributed by atoms with Gasteiger partial charge < -0.3 is 14.3 Å². The highest BCUT2D eigenvalue weighted by Gasteiger charge is 2.37. The summed E-state index contributed by atoms with van der Waals surface area (Å²) in [5.41, 5.74) is 0. The molecule has 6 nitrogen and oxygen atoms in total. The number of furan rings is 1. The van der Waals surface area contributed by atoms with Crippen LogP contribution >= 0.6 is 0 Å². The third-order valence-corrected chi connectivity index (χ3v) is 4.82. The lowest BCUT2D eigenvalue weighted by Crippen LogP contribution is -2.34. The Hall–Kier alpha value is -2.08. The molecule has 128 valence electrons. The SMILES string of the molecule is Cc1cc(NC(=O)CN(Cc2ccc([C@@H]3C[C@H]3C)o2)C2CC2)no1. The van der Waals surface area contributed by atoms with E-state index in [2.05, 4.69) is 34.4 Å². The fourth-order valence-corrected chi connectivity index (χ4v) is 3.14. The summed E-state index contributed by atoms with van der Waals surface area (Å²) in [6.45, 7) is 5.07. The number of aromatic nitrogens is 1. The molecular weight excluding hydrogens is 306 g/mol. The van der Waals surface area contributed by atoms with Crippen molar-refractivity contribution < 1.29 is 13.7 Å². The molecule has 1 N–H and O–H groups in total. The van der Waals surface area contributed by atoms with E-state index in [1.165, 1.54) is 6.42 Å². The van der Waals surface area contributed by atoms with E-state index in [9.17, 15) is 4.79 Å². The van der Waals surface area contributed by atoms with Crippen LogP contribution in [0.15, 0.2) is 27.1 Å². The fraction of sp³-hybridized carbons (Fsp3) is 0.556. The Morgan fingerprint density at radius 2 is 2.21 bits per heavy atom. The van der Waals surface area contributed by atoms with Gasteiger partial charge in [0.1, 0.15) is 17.3 Å². The van der Waals surface area contributed by atoms with Crippen molar-refractivity contribution in [3.05, 3.63) is 35.5 Å². The smallest absolute Gasteiger partial charge is 0.239 e. The lowest BCUT2D eigenvalue weighted by atomic mass is 10.3. The molecule has 2 aromatic rings. The third-order valence-electron chi connectivity index (χ3n) is 4.82. The molecule has 0 spiro atoms. The van der Waals surface area contributed by atoms with Crippen LogP contribution in [0.3, 0.4) is 0 Å². The van der Waals surface area contributed by atoms with Crippen LogP contribution in [-0.4, -0.2) is 28.6 Å². The molecule has 0 bridgehead atoms. The van der Waals surface area contributed by atoms with Gasteiger partial charge in [-0.2, -0.15) is 0 Å². The second kappa shape index (κ2) is 6.09. The monoisotopic (exact) mass is 329 g/mol. The van der Waals surface area contributed by atoms with Gasteiger partial charge in [0.15, 0.2) is 5.82 Å². The Labute approximate surface area is 141 Å².